The van der Waals surface area contributed by atoms with E-state index in [1.54, 1.807) is 0 Å². The van der Waals surface area contributed by atoms with E-state index in [2.05, 4.69) is 9.97 Å². The monoisotopic (exact) mass is 235 g/mol. The predicted octanol–water partition coefficient (Wildman–Crippen LogP) is 2.62. The van der Waals surface area contributed by atoms with Crippen LogP contribution in [-0.2, 0) is 6.42 Å². The Labute approximate surface area is 99.7 Å². The highest BCUT2D eigenvalue weighted by Crippen LogP contribution is 2.25. The molecule has 0 bridgehead atoms. The fourth-order valence-electron chi connectivity index (χ4n) is 1.58. The van der Waals surface area contributed by atoms with Crippen LogP contribution in [0.4, 0.5) is 0 Å². The first kappa shape index (κ1) is 11.2. The smallest absolute Gasteiger partial charge is 0.106 e. The van der Waals surface area contributed by atoms with Crippen LogP contribution in [0.5, 0.6) is 0 Å². The van der Waals surface area contributed by atoms with Crippen molar-refractivity contribution in [3.05, 3.63) is 41.3 Å². The molecular formula is C12H14ClN3. The van der Waals surface area contributed by atoms with Gasteiger partial charge in [-0.3, -0.25) is 0 Å². The Hall–Kier alpha value is -1.32. The zero-order valence-electron chi connectivity index (χ0n) is 8.91. The minimum absolute atomic E-state index is 0.683. The zero-order valence-corrected chi connectivity index (χ0v) is 9.67. The summed E-state index contributed by atoms with van der Waals surface area (Å²) in [5, 5.41) is 0.733. The van der Waals surface area contributed by atoms with Gasteiger partial charge in [-0.05, 0) is 19.0 Å². The van der Waals surface area contributed by atoms with Gasteiger partial charge in [0.2, 0.25) is 0 Å². The quantitative estimate of drug-likeness (QED) is 0.856. The largest absolute Gasteiger partial charge is 0.342 e. The molecule has 1 heterocycles. The number of aromatic amines is 1. The van der Waals surface area contributed by atoms with E-state index in [0.29, 0.717) is 6.54 Å². The van der Waals surface area contributed by atoms with Gasteiger partial charge in [0, 0.05) is 17.0 Å². The number of imidazole rings is 1. The van der Waals surface area contributed by atoms with Gasteiger partial charge in [-0.2, -0.15) is 0 Å². The van der Waals surface area contributed by atoms with Crippen molar-refractivity contribution in [2.24, 2.45) is 5.73 Å². The van der Waals surface area contributed by atoms with E-state index in [-0.39, 0.29) is 0 Å². The van der Waals surface area contributed by atoms with Crippen LogP contribution in [-0.4, -0.2) is 16.5 Å². The molecule has 2 aromatic rings. The third kappa shape index (κ3) is 2.43. The summed E-state index contributed by atoms with van der Waals surface area (Å²) in [6.45, 7) is 0.683. The Morgan fingerprint density at radius 2 is 2.12 bits per heavy atom. The molecular weight excluding hydrogens is 222 g/mol. The predicted molar refractivity (Wildman–Crippen MR) is 66.4 cm³/mol. The topological polar surface area (TPSA) is 54.7 Å². The van der Waals surface area contributed by atoms with Crippen LogP contribution in [0.2, 0.25) is 5.02 Å². The number of aryl methyl sites for hydroxylation is 1. The summed E-state index contributed by atoms with van der Waals surface area (Å²) in [6.07, 6.45) is 3.63. The Balaban J connectivity index is 2.22. The molecule has 0 spiro atoms. The third-order valence-electron chi connectivity index (χ3n) is 2.41. The molecule has 2 rings (SSSR count). The van der Waals surface area contributed by atoms with Gasteiger partial charge in [0.15, 0.2) is 0 Å². The van der Waals surface area contributed by atoms with Crippen molar-refractivity contribution in [2.75, 3.05) is 6.54 Å². The maximum atomic E-state index is 6.10. The van der Waals surface area contributed by atoms with E-state index < -0.39 is 0 Å². The van der Waals surface area contributed by atoms with Gasteiger partial charge >= 0.3 is 0 Å². The van der Waals surface area contributed by atoms with E-state index in [4.69, 9.17) is 17.3 Å². The molecule has 16 heavy (non-hydrogen) atoms. The number of H-pyrrole nitrogens is 1. The standard InChI is InChI=1S/C12H14ClN3/c13-10-5-2-1-4-9(10)11-8-15-12(16-11)6-3-7-14/h1-2,4-5,8H,3,6-7,14H2,(H,15,16). The van der Waals surface area contributed by atoms with Crippen molar-refractivity contribution in [3.8, 4) is 11.3 Å². The van der Waals surface area contributed by atoms with Gasteiger partial charge in [0.25, 0.3) is 0 Å². The third-order valence-corrected chi connectivity index (χ3v) is 2.74. The number of hydrogen-bond donors (Lipinski definition) is 2. The molecule has 0 amide bonds. The van der Waals surface area contributed by atoms with Crippen LogP contribution in [0, 0.1) is 0 Å². The summed E-state index contributed by atoms with van der Waals surface area (Å²) < 4.78 is 0. The number of aromatic nitrogens is 2. The first-order valence-corrected chi connectivity index (χ1v) is 5.68. The van der Waals surface area contributed by atoms with Crippen LogP contribution in [0.1, 0.15) is 12.2 Å². The molecule has 0 aliphatic carbocycles. The molecule has 84 valence electrons. The van der Waals surface area contributed by atoms with E-state index in [0.717, 1.165) is 34.9 Å². The fourth-order valence-corrected chi connectivity index (χ4v) is 1.81. The van der Waals surface area contributed by atoms with Crippen molar-refractivity contribution in [3.63, 3.8) is 0 Å². The Morgan fingerprint density at radius 3 is 2.88 bits per heavy atom. The van der Waals surface area contributed by atoms with E-state index in [9.17, 15) is 0 Å². The average molecular weight is 236 g/mol. The second-order valence-electron chi connectivity index (χ2n) is 3.62. The molecule has 0 atom stereocenters. The Kier molecular flexibility index (Phi) is 3.59. The number of nitrogens with zero attached hydrogens (tertiary/aromatic N) is 1. The number of nitrogens with two attached hydrogens (primary N) is 1. The van der Waals surface area contributed by atoms with Crippen LogP contribution >= 0.6 is 11.6 Å². The number of halogens is 1. The molecule has 0 fully saturated rings. The maximum absolute atomic E-state index is 6.10. The van der Waals surface area contributed by atoms with E-state index in [1.165, 1.54) is 0 Å². The summed E-state index contributed by atoms with van der Waals surface area (Å²) in [5.74, 6) is 0.959. The van der Waals surface area contributed by atoms with Gasteiger partial charge in [-0.15, -0.1) is 0 Å². The summed E-state index contributed by atoms with van der Waals surface area (Å²) in [4.78, 5) is 7.56. The molecule has 0 unspecified atom stereocenters. The Bertz CT molecular complexity index is 465. The summed E-state index contributed by atoms with van der Waals surface area (Å²) in [6, 6.07) is 7.72. The highest BCUT2D eigenvalue weighted by atomic mass is 35.5. The first-order chi connectivity index (χ1) is 7.81. The van der Waals surface area contributed by atoms with Gasteiger partial charge in [0.1, 0.15) is 5.82 Å². The number of hydrogen-bond acceptors (Lipinski definition) is 2. The number of rotatable bonds is 4. The lowest BCUT2D eigenvalue weighted by molar-refractivity contribution is 0.794. The Morgan fingerprint density at radius 1 is 1.31 bits per heavy atom. The van der Waals surface area contributed by atoms with Crippen molar-refractivity contribution >= 4 is 11.6 Å². The average Bonchev–Trinajstić information content (AvgIpc) is 2.75. The minimum atomic E-state index is 0.683. The minimum Gasteiger partial charge on any atom is -0.342 e. The molecule has 4 heteroatoms. The second kappa shape index (κ2) is 5.14. The van der Waals surface area contributed by atoms with Crippen molar-refractivity contribution in [1.82, 2.24) is 9.97 Å². The van der Waals surface area contributed by atoms with Crippen LogP contribution in [0.25, 0.3) is 11.3 Å². The molecule has 3 N–H and O–H groups in total. The molecule has 1 aromatic heterocycles. The van der Waals surface area contributed by atoms with Gasteiger partial charge < -0.3 is 10.7 Å². The van der Waals surface area contributed by atoms with Gasteiger partial charge in [-0.25, -0.2) is 4.98 Å². The van der Waals surface area contributed by atoms with Crippen LogP contribution in [0.15, 0.2) is 30.5 Å². The normalized spacial score (nSPS) is 10.6. The number of benzene rings is 1. The maximum Gasteiger partial charge on any atom is 0.106 e. The van der Waals surface area contributed by atoms with Crippen LogP contribution < -0.4 is 5.73 Å². The van der Waals surface area contributed by atoms with E-state index in [1.807, 2.05) is 30.5 Å². The SMILES string of the molecule is NCCCc1ncc(-c2ccccc2Cl)[nH]1. The van der Waals surface area contributed by atoms with Crippen molar-refractivity contribution in [2.45, 2.75) is 12.8 Å². The molecule has 0 saturated carbocycles. The summed E-state index contributed by atoms with van der Waals surface area (Å²) >= 11 is 6.10. The number of nitrogens with one attached hydrogen (secondary N) is 1. The second-order valence-corrected chi connectivity index (χ2v) is 4.02. The van der Waals surface area contributed by atoms with E-state index >= 15 is 0 Å². The summed E-state index contributed by atoms with van der Waals surface area (Å²) in [5.41, 5.74) is 7.39. The lowest BCUT2D eigenvalue weighted by Crippen LogP contribution is -2.01. The lowest BCUT2D eigenvalue weighted by atomic mass is 10.2. The first-order valence-electron chi connectivity index (χ1n) is 5.30. The molecule has 3 nitrogen and oxygen atoms in total. The highest BCUT2D eigenvalue weighted by Gasteiger charge is 2.05. The highest BCUT2D eigenvalue weighted by molar-refractivity contribution is 6.33. The fraction of sp³-hybridized carbons (Fsp3) is 0.250. The van der Waals surface area contributed by atoms with Gasteiger partial charge in [-0.1, -0.05) is 29.8 Å². The molecule has 0 radical (unpaired) electrons. The molecule has 0 saturated heterocycles. The van der Waals surface area contributed by atoms with Gasteiger partial charge in [0.05, 0.1) is 11.9 Å². The van der Waals surface area contributed by atoms with Crippen LogP contribution in [0.3, 0.4) is 0 Å². The molecule has 1 aromatic carbocycles. The lowest BCUT2D eigenvalue weighted by Gasteiger charge is -1.99. The van der Waals surface area contributed by atoms with Crippen molar-refractivity contribution in [1.29, 1.82) is 0 Å². The summed E-state index contributed by atoms with van der Waals surface area (Å²) in [7, 11) is 0. The molecule has 0 aliphatic rings. The molecule has 0 aliphatic heterocycles. The zero-order chi connectivity index (χ0) is 11.4. The van der Waals surface area contributed by atoms with Crippen molar-refractivity contribution < 1.29 is 0 Å².